The fourth-order valence-corrected chi connectivity index (χ4v) is 3.15. The molecule has 0 aromatic rings. The van der Waals surface area contributed by atoms with Crippen molar-refractivity contribution < 1.29 is 14.7 Å². The van der Waals surface area contributed by atoms with Gasteiger partial charge in [-0.15, -0.1) is 0 Å². The van der Waals surface area contributed by atoms with Crippen LogP contribution in [0.3, 0.4) is 0 Å². The van der Waals surface area contributed by atoms with Crippen molar-refractivity contribution in [1.29, 1.82) is 0 Å². The van der Waals surface area contributed by atoms with Crippen LogP contribution in [0.15, 0.2) is 0 Å². The van der Waals surface area contributed by atoms with Gasteiger partial charge in [-0.25, -0.2) is 4.79 Å². The highest BCUT2D eigenvalue weighted by atomic mass is 16.4. The first kappa shape index (κ1) is 13.4. The Labute approximate surface area is 108 Å². The van der Waals surface area contributed by atoms with Crippen LogP contribution in [0.4, 0.5) is 0 Å². The van der Waals surface area contributed by atoms with Crippen LogP contribution >= 0.6 is 0 Å². The van der Waals surface area contributed by atoms with E-state index in [1.807, 2.05) is 0 Å². The predicted molar refractivity (Wildman–Crippen MR) is 68.0 cm³/mol. The summed E-state index contributed by atoms with van der Waals surface area (Å²) >= 11 is 0. The molecule has 0 heterocycles. The molecule has 0 bridgehead atoms. The van der Waals surface area contributed by atoms with E-state index < -0.39 is 11.5 Å². The molecule has 4 heteroatoms. The number of nitrogens with one attached hydrogen (secondary N) is 1. The van der Waals surface area contributed by atoms with Gasteiger partial charge >= 0.3 is 5.97 Å². The molecule has 18 heavy (non-hydrogen) atoms. The molecule has 102 valence electrons. The molecule has 2 unspecified atom stereocenters. The molecule has 1 amide bonds. The maximum Gasteiger partial charge on any atom is 0.329 e. The number of carbonyl (C=O) groups is 2. The number of carbonyl (C=O) groups excluding carboxylic acids is 1. The number of carboxylic acids is 1. The molecule has 2 aliphatic rings. The van der Waals surface area contributed by atoms with Crippen LogP contribution in [0.2, 0.25) is 0 Å². The summed E-state index contributed by atoms with van der Waals surface area (Å²) in [5.74, 6) is -0.929. The van der Waals surface area contributed by atoms with Gasteiger partial charge in [0.05, 0.1) is 0 Å². The van der Waals surface area contributed by atoms with Crippen LogP contribution in [0.25, 0.3) is 0 Å². The molecule has 2 saturated carbocycles. The molecule has 0 aromatic carbocycles. The van der Waals surface area contributed by atoms with Gasteiger partial charge in [0, 0.05) is 5.92 Å². The van der Waals surface area contributed by atoms with Crippen molar-refractivity contribution in [2.24, 2.45) is 17.3 Å². The van der Waals surface area contributed by atoms with Crippen molar-refractivity contribution in [3.63, 3.8) is 0 Å². The zero-order valence-electron chi connectivity index (χ0n) is 11.5. The van der Waals surface area contributed by atoms with E-state index in [0.29, 0.717) is 0 Å². The Hall–Kier alpha value is -1.06. The topological polar surface area (TPSA) is 66.4 Å². The summed E-state index contributed by atoms with van der Waals surface area (Å²) in [4.78, 5) is 23.7. The first-order valence-electron chi connectivity index (χ1n) is 6.83. The number of hydrogen-bond acceptors (Lipinski definition) is 2. The van der Waals surface area contributed by atoms with Gasteiger partial charge in [0.1, 0.15) is 5.54 Å². The minimum atomic E-state index is -1.07. The molecule has 0 aromatic heterocycles. The number of rotatable bonds is 4. The molecule has 2 atom stereocenters. The Kier molecular flexibility index (Phi) is 3.16. The van der Waals surface area contributed by atoms with Gasteiger partial charge < -0.3 is 10.4 Å². The van der Waals surface area contributed by atoms with E-state index in [4.69, 9.17) is 0 Å². The van der Waals surface area contributed by atoms with Crippen LogP contribution in [-0.2, 0) is 9.59 Å². The maximum absolute atomic E-state index is 12.3. The summed E-state index contributed by atoms with van der Waals surface area (Å²) in [6.07, 6.45) is 4.77. The van der Waals surface area contributed by atoms with Crippen molar-refractivity contribution in [1.82, 2.24) is 5.32 Å². The molecule has 0 saturated heterocycles. The normalized spacial score (nSPS) is 29.6. The summed E-state index contributed by atoms with van der Waals surface area (Å²) in [6.45, 7) is 5.84. The van der Waals surface area contributed by atoms with Crippen molar-refractivity contribution in [3.05, 3.63) is 0 Å². The van der Waals surface area contributed by atoms with Crippen LogP contribution in [0.1, 0.15) is 52.9 Å². The van der Waals surface area contributed by atoms with E-state index in [9.17, 15) is 14.7 Å². The smallest absolute Gasteiger partial charge is 0.329 e. The van der Waals surface area contributed by atoms with Gasteiger partial charge in [-0.2, -0.15) is 0 Å². The SMILES string of the molecule is CC1(C)CCCC1C(=O)NC(C)(C(=O)O)C1CC1. The highest BCUT2D eigenvalue weighted by molar-refractivity contribution is 5.88. The first-order valence-corrected chi connectivity index (χ1v) is 6.83. The fraction of sp³-hybridized carbons (Fsp3) is 0.857. The Morgan fingerprint density at radius 2 is 1.89 bits per heavy atom. The van der Waals surface area contributed by atoms with Crippen LogP contribution in [0.5, 0.6) is 0 Å². The van der Waals surface area contributed by atoms with E-state index in [2.05, 4.69) is 19.2 Å². The van der Waals surface area contributed by atoms with E-state index in [0.717, 1.165) is 32.1 Å². The molecule has 0 spiro atoms. The minimum Gasteiger partial charge on any atom is -0.480 e. The highest BCUT2D eigenvalue weighted by Crippen LogP contribution is 2.44. The molecular weight excluding hydrogens is 230 g/mol. The average molecular weight is 253 g/mol. The Balaban J connectivity index is 2.08. The lowest BCUT2D eigenvalue weighted by Gasteiger charge is -2.32. The standard InChI is InChI=1S/C14H23NO3/c1-13(2)8-4-5-10(13)11(16)15-14(3,12(17)18)9-6-7-9/h9-10H,4-8H2,1-3H3,(H,15,16)(H,17,18). The second kappa shape index (κ2) is 4.25. The van der Waals surface area contributed by atoms with Crippen molar-refractivity contribution >= 4 is 11.9 Å². The minimum absolute atomic E-state index is 0.00690. The molecule has 2 aliphatic carbocycles. The van der Waals surface area contributed by atoms with Crippen molar-refractivity contribution in [3.8, 4) is 0 Å². The van der Waals surface area contributed by atoms with E-state index in [-0.39, 0.29) is 23.2 Å². The Bertz CT molecular complexity index is 373. The highest BCUT2D eigenvalue weighted by Gasteiger charge is 2.50. The van der Waals surface area contributed by atoms with Gasteiger partial charge in [0.15, 0.2) is 0 Å². The molecule has 2 N–H and O–H groups in total. The largest absolute Gasteiger partial charge is 0.480 e. The van der Waals surface area contributed by atoms with E-state index in [1.165, 1.54) is 0 Å². The van der Waals surface area contributed by atoms with Crippen LogP contribution < -0.4 is 5.32 Å². The Morgan fingerprint density at radius 3 is 2.28 bits per heavy atom. The summed E-state index contributed by atoms with van der Waals surface area (Å²) in [6, 6.07) is 0. The third-order valence-corrected chi connectivity index (χ3v) is 4.79. The molecule has 2 rings (SSSR count). The monoisotopic (exact) mass is 253 g/mol. The van der Waals surface area contributed by atoms with Gasteiger partial charge in [-0.3, -0.25) is 4.79 Å². The summed E-state index contributed by atoms with van der Waals surface area (Å²) < 4.78 is 0. The van der Waals surface area contributed by atoms with Crippen LogP contribution in [-0.4, -0.2) is 22.5 Å². The van der Waals surface area contributed by atoms with Crippen LogP contribution in [0, 0.1) is 17.3 Å². The molecule has 4 nitrogen and oxygen atoms in total. The number of amides is 1. The van der Waals surface area contributed by atoms with Crippen molar-refractivity contribution in [2.75, 3.05) is 0 Å². The second-order valence-corrected chi connectivity index (χ2v) is 6.70. The van der Waals surface area contributed by atoms with Gasteiger partial charge in [0.25, 0.3) is 0 Å². The Morgan fingerprint density at radius 1 is 1.28 bits per heavy atom. The number of hydrogen-bond donors (Lipinski definition) is 2. The summed E-state index contributed by atoms with van der Waals surface area (Å²) in [7, 11) is 0. The third-order valence-electron chi connectivity index (χ3n) is 4.79. The average Bonchev–Trinajstić information content (AvgIpc) is 3.02. The second-order valence-electron chi connectivity index (χ2n) is 6.70. The lowest BCUT2D eigenvalue weighted by atomic mass is 9.80. The van der Waals surface area contributed by atoms with Gasteiger partial charge in [-0.05, 0) is 43.9 Å². The molecule has 0 radical (unpaired) electrons. The van der Waals surface area contributed by atoms with Gasteiger partial charge in [0.2, 0.25) is 5.91 Å². The zero-order chi connectivity index (χ0) is 13.6. The zero-order valence-corrected chi connectivity index (χ0v) is 11.5. The van der Waals surface area contributed by atoms with E-state index >= 15 is 0 Å². The summed E-state index contributed by atoms with van der Waals surface area (Å²) in [5.41, 5.74) is -1.08. The van der Waals surface area contributed by atoms with Gasteiger partial charge in [-0.1, -0.05) is 20.3 Å². The van der Waals surface area contributed by atoms with E-state index in [1.54, 1.807) is 6.92 Å². The van der Waals surface area contributed by atoms with Crippen molar-refractivity contribution in [2.45, 2.75) is 58.4 Å². The number of carboxylic acid groups (broad SMARTS) is 1. The summed E-state index contributed by atoms with van der Waals surface area (Å²) in [5, 5.41) is 12.2. The molecule has 2 fully saturated rings. The molecular formula is C14H23NO3. The fourth-order valence-electron chi connectivity index (χ4n) is 3.15. The first-order chi connectivity index (χ1) is 8.27. The number of aliphatic carboxylic acids is 1. The predicted octanol–water partition coefficient (Wildman–Crippen LogP) is 2.18. The quantitative estimate of drug-likeness (QED) is 0.807. The lowest BCUT2D eigenvalue weighted by molar-refractivity contribution is -0.149. The lowest BCUT2D eigenvalue weighted by Crippen LogP contribution is -2.56. The maximum atomic E-state index is 12.3. The molecule has 0 aliphatic heterocycles. The third kappa shape index (κ3) is 2.25.